The van der Waals surface area contributed by atoms with Gasteiger partial charge in [0.15, 0.2) is 0 Å². The average molecular weight is 316 g/mol. The van der Waals surface area contributed by atoms with Crippen molar-refractivity contribution in [3.8, 4) is 0 Å². The third kappa shape index (κ3) is 4.12. The van der Waals surface area contributed by atoms with Gasteiger partial charge in [-0.25, -0.2) is 0 Å². The van der Waals surface area contributed by atoms with Crippen LogP contribution < -0.4 is 5.32 Å². The molecule has 1 aromatic carbocycles. The number of carbonyl (C=O) groups excluding carboxylic acids is 2. The third-order valence-corrected chi connectivity index (χ3v) is 4.64. The Morgan fingerprint density at radius 3 is 2.26 bits per heavy atom. The van der Waals surface area contributed by atoms with Crippen LogP contribution in [0.3, 0.4) is 0 Å². The smallest absolute Gasteiger partial charge is 0.239 e. The number of aryl methyl sites for hydroxylation is 2. The molecule has 0 atom stereocenters. The van der Waals surface area contributed by atoms with Crippen LogP contribution in [-0.4, -0.2) is 29.8 Å². The quantitative estimate of drug-likeness (QED) is 0.865. The number of benzene rings is 1. The van der Waals surface area contributed by atoms with Gasteiger partial charge in [0.05, 0.1) is 0 Å². The summed E-state index contributed by atoms with van der Waals surface area (Å²) in [5, 5.41) is 2.94. The van der Waals surface area contributed by atoms with Gasteiger partial charge < -0.3 is 10.2 Å². The molecule has 23 heavy (non-hydrogen) atoms. The number of rotatable bonds is 3. The summed E-state index contributed by atoms with van der Waals surface area (Å²) >= 11 is 0. The van der Waals surface area contributed by atoms with Gasteiger partial charge in [0.2, 0.25) is 11.8 Å². The topological polar surface area (TPSA) is 49.4 Å². The Bertz CT molecular complexity index is 585. The molecule has 0 aromatic heterocycles. The summed E-state index contributed by atoms with van der Waals surface area (Å²) in [6, 6.07) is 5.94. The van der Waals surface area contributed by atoms with Crippen LogP contribution in [-0.2, 0) is 9.59 Å². The van der Waals surface area contributed by atoms with Gasteiger partial charge in [-0.1, -0.05) is 25.0 Å². The molecule has 1 saturated heterocycles. The lowest BCUT2D eigenvalue weighted by Gasteiger charge is -2.30. The van der Waals surface area contributed by atoms with Crippen LogP contribution in [0, 0.1) is 19.3 Å². The summed E-state index contributed by atoms with van der Waals surface area (Å²) in [6.07, 6.45) is 4.39. The second kappa shape index (κ2) is 7.16. The van der Waals surface area contributed by atoms with Gasteiger partial charge in [-0.3, -0.25) is 9.59 Å². The van der Waals surface area contributed by atoms with Gasteiger partial charge >= 0.3 is 0 Å². The lowest BCUT2D eigenvalue weighted by Crippen LogP contribution is -2.47. The molecule has 1 aliphatic rings. The molecule has 4 heteroatoms. The molecule has 0 unspecified atom stereocenters. The molecule has 1 heterocycles. The lowest BCUT2D eigenvalue weighted by atomic mass is 9.89. The molecule has 1 fully saturated rings. The molecule has 0 spiro atoms. The SMILES string of the molecule is Cc1ccc(C)c(NC(=O)C(C)(C)C(=O)N2CCCCCC2)c1. The van der Waals surface area contributed by atoms with Crippen LogP contribution >= 0.6 is 0 Å². The van der Waals surface area contributed by atoms with E-state index < -0.39 is 5.41 Å². The summed E-state index contributed by atoms with van der Waals surface area (Å²) < 4.78 is 0. The molecule has 0 bridgehead atoms. The van der Waals surface area contributed by atoms with Crippen molar-refractivity contribution in [1.82, 2.24) is 4.90 Å². The van der Waals surface area contributed by atoms with E-state index in [2.05, 4.69) is 5.32 Å². The Morgan fingerprint density at radius 2 is 1.65 bits per heavy atom. The Morgan fingerprint density at radius 1 is 1.04 bits per heavy atom. The minimum absolute atomic E-state index is 0.0674. The first-order valence-electron chi connectivity index (χ1n) is 8.50. The lowest BCUT2D eigenvalue weighted by molar-refractivity contribution is -0.146. The summed E-state index contributed by atoms with van der Waals surface area (Å²) in [7, 11) is 0. The minimum Gasteiger partial charge on any atom is -0.342 e. The molecule has 0 saturated carbocycles. The Labute approximate surface area is 139 Å². The number of anilines is 1. The van der Waals surface area contributed by atoms with E-state index in [-0.39, 0.29) is 11.8 Å². The van der Waals surface area contributed by atoms with Gasteiger partial charge in [-0.15, -0.1) is 0 Å². The summed E-state index contributed by atoms with van der Waals surface area (Å²) in [4.78, 5) is 27.4. The van der Waals surface area contributed by atoms with Gasteiger partial charge in [0.1, 0.15) is 5.41 Å². The molecular weight excluding hydrogens is 288 g/mol. The van der Waals surface area contributed by atoms with Crippen LogP contribution in [0.15, 0.2) is 18.2 Å². The predicted octanol–water partition coefficient (Wildman–Crippen LogP) is 3.67. The molecule has 1 aromatic rings. The summed E-state index contributed by atoms with van der Waals surface area (Å²) in [6.45, 7) is 8.92. The first-order valence-corrected chi connectivity index (χ1v) is 8.50. The normalized spacial score (nSPS) is 15.9. The number of nitrogens with zero attached hydrogens (tertiary/aromatic N) is 1. The zero-order valence-electron chi connectivity index (χ0n) is 14.7. The first kappa shape index (κ1) is 17.5. The number of amides is 2. The standard InChI is InChI=1S/C19H28N2O2/c1-14-9-10-15(2)16(13-14)20-17(22)19(3,4)18(23)21-11-7-5-6-8-12-21/h9-10,13H,5-8,11-12H2,1-4H3,(H,20,22). The number of carbonyl (C=O) groups is 2. The molecular formula is C19H28N2O2. The van der Waals surface area contributed by atoms with Crippen molar-refractivity contribution in [2.75, 3.05) is 18.4 Å². The third-order valence-electron chi connectivity index (χ3n) is 4.64. The average Bonchev–Trinajstić information content (AvgIpc) is 2.79. The van der Waals surface area contributed by atoms with Gasteiger partial charge in [-0.2, -0.15) is 0 Å². The van der Waals surface area contributed by atoms with E-state index in [0.717, 1.165) is 42.7 Å². The number of hydrogen-bond acceptors (Lipinski definition) is 2. The molecule has 0 aliphatic carbocycles. The maximum absolute atomic E-state index is 12.8. The highest BCUT2D eigenvalue weighted by Gasteiger charge is 2.39. The van der Waals surface area contributed by atoms with Gasteiger partial charge in [-0.05, 0) is 57.7 Å². The highest BCUT2D eigenvalue weighted by molar-refractivity contribution is 6.10. The number of nitrogens with one attached hydrogen (secondary N) is 1. The molecule has 2 amide bonds. The Kier molecular flexibility index (Phi) is 5.45. The molecule has 2 rings (SSSR count). The van der Waals surface area contributed by atoms with Crippen LogP contribution in [0.5, 0.6) is 0 Å². The highest BCUT2D eigenvalue weighted by atomic mass is 16.2. The summed E-state index contributed by atoms with van der Waals surface area (Å²) in [5.74, 6) is -0.303. The van der Waals surface area contributed by atoms with Crippen molar-refractivity contribution in [2.24, 2.45) is 5.41 Å². The summed E-state index contributed by atoms with van der Waals surface area (Å²) in [5.41, 5.74) is 1.82. The fourth-order valence-electron chi connectivity index (χ4n) is 2.92. The monoisotopic (exact) mass is 316 g/mol. The first-order chi connectivity index (χ1) is 10.8. The van der Waals surface area contributed by atoms with Crippen LogP contribution in [0.4, 0.5) is 5.69 Å². The van der Waals surface area contributed by atoms with Crippen molar-refractivity contribution in [1.29, 1.82) is 0 Å². The van der Waals surface area contributed by atoms with Crippen LogP contribution in [0.1, 0.15) is 50.7 Å². The van der Waals surface area contributed by atoms with Crippen molar-refractivity contribution in [3.05, 3.63) is 29.3 Å². The zero-order chi connectivity index (χ0) is 17.0. The van der Waals surface area contributed by atoms with Crippen LogP contribution in [0.2, 0.25) is 0 Å². The van der Waals surface area contributed by atoms with E-state index in [1.54, 1.807) is 13.8 Å². The minimum atomic E-state index is -1.06. The van der Waals surface area contributed by atoms with E-state index in [9.17, 15) is 9.59 Å². The maximum atomic E-state index is 12.8. The van der Waals surface area contributed by atoms with E-state index in [0.29, 0.717) is 0 Å². The fraction of sp³-hybridized carbons (Fsp3) is 0.579. The van der Waals surface area contributed by atoms with E-state index in [1.807, 2.05) is 36.9 Å². The van der Waals surface area contributed by atoms with Crippen molar-refractivity contribution < 1.29 is 9.59 Å². The Balaban J connectivity index is 2.12. The van der Waals surface area contributed by atoms with Crippen LogP contribution in [0.25, 0.3) is 0 Å². The highest BCUT2D eigenvalue weighted by Crippen LogP contribution is 2.25. The van der Waals surface area contributed by atoms with Crippen molar-refractivity contribution in [3.63, 3.8) is 0 Å². The molecule has 1 N–H and O–H groups in total. The number of likely N-dealkylation sites (tertiary alicyclic amines) is 1. The molecule has 4 nitrogen and oxygen atoms in total. The predicted molar refractivity (Wildman–Crippen MR) is 93.4 cm³/mol. The second-order valence-corrected chi connectivity index (χ2v) is 7.10. The Hall–Kier alpha value is -1.84. The molecule has 126 valence electrons. The van der Waals surface area contributed by atoms with E-state index in [1.165, 1.54) is 12.8 Å². The van der Waals surface area contributed by atoms with Gasteiger partial charge in [0, 0.05) is 18.8 Å². The number of hydrogen-bond donors (Lipinski definition) is 1. The largest absolute Gasteiger partial charge is 0.342 e. The maximum Gasteiger partial charge on any atom is 0.239 e. The fourth-order valence-corrected chi connectivity index (χ4v) is 2.92. The molecule has 0 radical (unpaired) electrons. The second-order valence-electron chi connectivity index (χ2n) is 7.10. The van der Waals surface area contributed by atoms with Crippen molar-refractivity contribution in [2.45, 2.75) is 53.4 Å². The van der Waals surface area contributed by atoms with Crippen molar-refractivity contribution >= 4 is 17.5 Å². The zero-order valence-corrected chi connectivity index (χ0v) is 14.7. The molecule has 1 aliphatic heterocycles. The van der Waals surface area contributed by atoms with Gasteiger partial charge in [0.25, 0.3) is 0 Å². The van der Waals surface area contributed by atoms with E-state index >= 15 is 0 Å². The van der Waals surface area contributed by atoms with E-state index in [4.69, 9.17) is 0 Å².